The summed E-state index contributed by atoms with van der Waals surface area (Å²) in [4.78, 5) is 0. The van der Waals surface area contributed by atoms with E-state index in [0.29, 0.717) is 45.8 Å². The zero-order valence-electron chi connectivity index (χ0n) is 30.7. The molecule has 0 radical (unpaired) electrons. The number of para-hydroxylation sites is 2. The van der Waals surface area contributed by atoms with Gasteiger partial charge in [-0.25, -0.2) is 0 Å². The highest BCUT2D eigenvalue weighted by atomic mass is 35.5. The van der Waals surface area contributed by atoms with Crippen LogP contribution < -0.4 is 5.30 Å². The number of nitrogens with zero attached hydrogens (tertiary/aromatic N) is 2. The first-order chi connectivity index (χ1) is 22.1. The van der Waals surface area contributed by atoms with Gasteiger partial charge in [-0.15, -0.1) is 0 Å². The molecule has 1 aromatic heterocycles. The van der Waals surface area contributed by atoms with Gasteiger partial charge in [-0.2, -0.15) is 0 Å². The number of hydrogen-bond acceptors (Lipinski definition) is 0. The van der Waals surface area contributed by atoms with Crippen LogP contribution in [0.4, 0.5) is 0 Å². The second-order valence-electron chi connectivity index (χ2n) is 14.5. The molecule has 47 heavy (non-hydrogen) atoms. The van der Waals surface area contributed by atoms with Gasteiger partial charge in [0.05, 0.1) is 11.4 Å². The summed E-state index contributed by atoms with van der Waals surface area (Å²) in [6, 6.07) is 20.5. The van der Waals surface area contributed by atoms with Crippen molar-refractivity contribution in [2.75, 3.05) is 6.66 Å². The van der Waals surface area contributed by atoms with Crippen molar-refractivity contribution in [2.45, 2.75) is 119 Å². The summed E-state index contributed by atoms with van der Waals surface area (Å²) in [5.74, 6) is 2.15. The average molecular weight is 728 g/mol. The van der Waals surface area contributed by atoms with Crippen LogP contribution >= 0.6 is 46.7 Å². The van der Waals surface area contributed by atoms with Gasteiger partial charge in [0.1, 0.15) is 0 Å². The van der Waals surface area contributed by atoms with Crippen molar-refractivity contribution in [3.05, 3.63) is 103 Å². The van der Waals surface area contributed by atoms with Gasteiger partial charge in [0.2, 0.25) is 0 Å². The van der Waals surface area contributed by atoms with Crippen LogP contribution in [0.2, 0.25) is 10.3 Å². The highest BCUT2D eigenvalue weighted by Gasteiger charge is 2.28. The molecule has 3 aromatic carbocycles. The largest absolute Gasteiger partial charge is 0.279 e. The predicted molar refractivity (Wildman–Crippen MR) is 217 cm³/mol. The molecule has 2 nitrogen and oxygen atoms in total. The van der Waals surface area contributed by atoms with Crippen LogP contribution in [0.1, 0.15) is 152 Å². The molecular formula is C40H55Cl2N2P3. The molecule has 4 aromatic rings. The fraction of sp³-hybridized carbons (Fsp3) is 0.475. The number of aromatic nitrogens is 2. The molecule has 0 fully saturated rings. The number of halogens is 2. The Morgan fingerprint density at radius 2 is 0.787 bits per heavy atom. The zero-order valence-corrected chi connectivity index (χ0v) is 35.0. The van der Waals surface area contributed by atoms with Crippen molar-refractivity contribution in [1.29, 1.82) is 0 Å². The second kappa shape index (κ2) is 16.1. The number of hydrogen-bond donors (Lipinski definition) is 0. The fourth-order valence-corrected chi connectivity index (χ4v) is 15.0. The van der Waals surface area contributed by atoms with Gasteiger partial charge in [-0.05, 0) is 88.8 Å². The fourth-order valence-electron chi connectivity index (χ4n) is 6.54. The monoisotopic (exact) mass is 726 g/mol. The SMILES string of the molecule is CPP(P=c1n(-c2c(C(C)C)cccc2C(C)C)c(Cl)c(Cl)n1-c1c(C(C)C)cccc1C(C)C)c1c(C(C)C)cccc1C(C)C. The molecule has 1 heterocycles. The van der Waals surface area contributed by atoms with Crippen molar-refractivity contribution >= 4 is 52.0 Å². The first-order valence-corrected chi connectivity index (χ1v) is 23.3. The second-order valence-corrected chi connectivity index (χ2v) is 22.9. The Hall–Kier alpha value is -1.39. The van der Waals surface area contributed by atoms with Crippen LogP contribution in [-0.4, -0.2) is 15.8 Å². The third kappa shape index (κ3) is 7.69. The minimum Gasteiger partial charge on any atom is -0.279 e. The van der Waals surface area contributed by atoms with Crippen molar-refractivity contribution in [1.82, 2.24) is 9.13 Å². The minimum absolute atomic E-state index is 0.317. The van der Waals surface area contributed by atoms with E-state index in [1.165, 1.54) is 52.6 Å². The molecule has 0 saturated heterocycles. The summed E-state index contributed by atoms with van der Waals surface area (Å²) in [6.45, 7) is 30.0. The van der Waals surface area contributed by atoms with Gasteiger partial charge in [-0.1, -0.05) is 169 Å². The molecule has 0 saturated carbocycles. The highest BCUT2D eigenvalue weighted by molar-refractivity contribution is 8.52. The number of rotatable bonds is 11. The summed E-state index contributed by atoms with van der Waals surface area (Å²) in [5.41, 5.74) is 10.5. The summed E-state index contributed by atoms with van der Waals surface area (Å²) < 4.78 is 4.69. The normalized spacial score (nSPS) is 13.3. The molecule has 0 N–H and O–H groups in total. The van der Waals surface area contributed by atoms with Crippen LogP contribution in [-0.2, 0) is 0 Å². The Bertz CT molecular complexity index is 1610. The lowest BCUT2D eigenvalue weighted by Gasteiger charge is -2.25. The Labute approximate surface area is 299 Å². The van der Waals surface area contributed by atoms with Crippen LogP contribution in [0.15, 0.2) is 54.6 Å². The average Bonchev–Trinajstić information content (AvgIpc) is 3.26. The Kier molecular flexibility index (Phi) is 13.2. The quantitative estimate of drug-likeness (QED) is 0.136. The van der Waals surface area contributed by atoms with E-state index in [2.05, 4.69) is 153 Å². The topological polar surface area (TPSA) is 9.86 Å². The van der Waals surface area contributed by atoms with Crippen molar-refractivity contribution in [3.8, 4) is 11.4 Å². The molecule has 0 bridgehead atoms. The Morgan fingerprint density at radius 1 is 0.511 bits per heavy atom. The van der Waals surface area contributed by atoms with E-state index in [4.69, 9.17) is 23.2 Å². The van der Waals surface area contributed by atoms with Crippen LogP contribution in [0.3, 0.4) is 0 Å². The molecule has 254 valence electrons. The molecule has 0 amide bonds. The van der Waals surface area contributed by atoms with E-state index in [9.17, 15) is 0 Å². The molecule has 4 rings (SSSR count). The molecule has 7 heteroatoms. The molecule has 0 spiro atoms. The first kappa shape index (κ1) is 38.4. The summed E-state index contributed by atoms with van der Waals surface area (Å²) in [5, 5.41) is 3.89. The van der Waals surface area contributed by atoms with E-state index in [1.54, 1.807) is 5.30 Å². The van der Waals surface area contributed by atoms with Crippen LogP contribution in [0.5, 0.6) is 0 Å². The Morgan fingerprint density at radius 3 is 1.04 bits per heavy atom. The lowest BCUT2D eigenvalue weighted by Crippen LogP contribution is -2.14. The first-order valence-electron chi connectivity index (χ1n) is 17.2. The summed E-state index contributed by atoms with van der Waals surface area (Å²) in [6.07, 6.45) is 0. The van der Waals surface area contributed by atoms with Gasteiger partial charge in [0, 0.05) is 7.30 Å². The summed E-state index contributed by atoms with van der Waals surface area (Å²) in [7, 11) is 1.40. The summed E-state index contributed by atoms with van der Waals surface area (Å²) >= 11 is 15.1. The molecular weight excluding hydrogens is 672 g/mol. The van der Waals surface area contributed by atoms with E-state index in [-0.39, 0.29) is 0 Å². The predicted octanol–water partition coefficient (Wildman–Crippen LogP) is 14.7. The third-order valence-corrected chi connectivity index (χ3v) is 18.4. The van der Waals surface area contributed by atoms with Crippen molar-refractivity contribution in [3.63, 3.8) is 0 Å². The minimum atomic E-state index is -0.607. The van der Waals surface area contributed by atoms with Crippen molar-refractivity contribution in [2.24, 2.45) is 0 Å². The van der Waals surface area contributed by atoms with Crippen LogP contribution in [0, 0.1) is 5.20 Å². The number of imidazole rings is 1. The van der Waals surface area contributed by atoms with Gasteiger partial charge in [0.15, 0.2) is 15.5 Å². The van der Waals surface area contributed by atoms with Gasteiger partial charge >= 0.3 is 0 Å². The molecule has 0 aliphatic rings. The maximum absolute atomic E-state index is 7.57. The maximum atomic E-state index is 7.57. The Balaban J connectivity index is 2.34. The zero-order chi connectivity index (χ0) is 34.9. The smallest absolute Gasteiger partial charge is 0.152 e. The molecule has 2 unspecified atom stereocenters. The molecule has 0 aliphatic carbocycles. The lowest BCUT2D eigenvalue weighted by atomic mass is 9.92. The van der Waals surface area contributed by atoms with Crippen LogP contribution in [0.25, 0.3) is 11.4 Å². The van der Waals surface area contributed by atoms with Gasteiger partial charge in [-0.3, -0.25) is 9.13 Å². The van der Waals surface area contributed by atoms with Crippen molar-refractivity contribution < 1.29 is 0 Å². The van der Waals surface area contributed by atoms with E-state index >= 15 is 0 Å². The van der Waals surface area contributed by atoms with E-state index in [1.807, 2.05) is 0 Å². The highest BCUT2D eigenvalue weighted by Crippen LogP contribution is 2.66. The van der Waals surface area contributed by atoms with E-state index < -0.39 is 7.30 Å². The van der Waals surface area contributed by atoms with Gasteiger partial charge in [0.25, 0.3) is 0 Å². The van der Waals surface area contributed by atoms with E-state index in [0.717, 1.165) is 13.5 Å². The number of benzene rings is 3. The van der Waals surface area contributed by atoms with Gasteiger partial charge < -0.3 is 0 Å². The molecule has 2 atom stereocenters. The maximum Gasteiger partial charge on any atom is 0.152 e. The molecule has 0 aliphatic heterocycles. The standard InChI is InChI=1S/C40H55Cl2N2P3/c1-23(2)29-17-14-18-30(24(3)4)35(29)43-38(41)39(42)44(36-31(25(5)6)19-15-20-32(36)26(7)8)40(43)46-47(45-13)37-33(27(9)10)21-16-22-34(37)28(11)12/h14-28,45H,1-13H3. The third-order valence-electron chi connectivity index (χ3n) is 9.05. The lowest BCUT2D eigenvalue weighted by molar-refractivity contribution is 0.785.